The van der Waals surface area contributed by atoms with E-state index >= 15 is 0 Å². The van der Waals surface area contributed by atoms with Crippen molar-refractivity contribution in [3.8, 4) is 0 Å². The Kier molecular flexibility index (Phi) is 3.67. The fraction of sp³-hybridized carbons (Fsp3) is 0.211. The van der Waals surface area contributed by atoms with Crippen molar-refractivity contribution in [2.45, 2.75) is 19.4 Å². The summed E-state index contributed by atoms with van der Waals surface area (Å²) >= 11 is 12.3. The highest BCUT2D eigenvalue weighted by atomic mass is 35.5. The minimum Gasteiger partial charge on any atom is -0.342 e. The van der Waals surface area contributed by atoms with Gasteiger partial charge in [0.05, 0.1) is 0 Å². The topological polar surface area (TPSA) is 22.0 Å². The minimum absolute atomic E-state index is 0.216. The van der Waals surface area contributed by atoms with E-state index in [0.29, 0.717) is 16.6 Å². The molecule has 0 bridgehead atoms. The number of hydrogen-bond donors (Lipinski definition) is 0. The van der Waals surface area contributed by atoms with Gasteiger partial charge in [0.2, 0.25) is 0 Å². The monoisotopic (exact) mass is 343 g/mol. The second-order valence-electron chi connectivity index (χ2n) is 6.06. The highest BCUT2D eigenvalue weighted by molar-refractivity contribution is 6.35. The van der Waals surface area contributed by atoms with E-state index in [9.17, 15) is 4.79 Å². The van der Waals surface area contributed by atoms with Crippen LogP contribution in [0, 0.1) is 5.92 Å². The molecule has 2 nitrogen and oxygen atoms in total. The van der Waals surface area contributed by atoms with Gasteiger partial charge in [-0.3, -0.25) is 4.79 Å². The van der Waals surface area contributed by atoms with E-state index in [1.165, 1.54) is 0 Å². The van der Waals surface area contributed by atoms with Gasteiger partial charge in [-0.1, -0.05) is 47.5 Å². The van der Waals surface area contributed by atoms with E-state index in [-0.39, 0.29) is 11.7 Å². The summed E-state index contributed by atoms with van der Waals surface area (Å²) in [5.74, 6) is 0.482. The maximum absolute atomic E-state index is 12.5. The van der Waals surface area contributed by atoms with Crippen LogP contribution in [0.2, 0.25) is 10.0 Å². The maximum atomic E-state index is 12.5. The van der Waals surface area contributed by atoms with E-state index in [4.69, 9.17) is 23.2 Å². The fourth-order valence-electron chi connectivity index (χ4n) is 2.97. The molecule has 0 N–H and O–H groups in total. The summed E-state index contributed by atoms with van der Waals surface area (Å²) in [6, 6.07) is 13.6. The molecule has 3 aromatic rings. The van der Waals surface area contributed by atoms with Gasteiger partial charge in [0.1, 0.15) is 0 Å². The fourth-order valence-corrected chi connectivity index (χ4v) is 3.44. The Morgan fingerprint density at radius 2 is 1.91 bits per heavy atom. The van der Waals surface area contributed by atoms with E-state index in [2.05, 4.69) is 4.57 Å². The molecule has 0 radical (unpaired) electrons. The first kappa shape index (κ1) is 14.8. The van der Waals surface area contributed by atoms with Crippen LogP contribution in [0.1, 0.15) is 28.8 Å². The first-order chi connectivity index (χ1) is 11.1. The van der Waals surface area contributed by atoms with Gasteiger partial charge in [0, 0.05) is 45.2 Å². The second kappa shape index (κ2) is 5.70. The van der Waals surface area contributed by atoms with Gasteiger partial charge in [-0.15, -0.1) is 0 Å². The molecule has 0 amide bonds. The van der Waals surface area contributed by atoms with Crippen molar-refractivity contribution in [1.29, 1.82) is 0 Å². The van der Waals surface area contributed by atoms with Crippen LogP contribution in [0.5, 0.6) is 0 Å². The SMILES string of the molecule is O=C(c1cn(Cc2ccc(Cl)cc2Cl)c2ccccc12)C1CC1. The van der Waals surface area contributed by atoms with Crippen LogP contribution in [-0.4, -0.2) is 10.4 Å². The highest BCUT2D eigenvalue weighted by Crippen LogP contribution is 2.35. The molecular weight excluding hydrogens is 329 g/mol. The Morgan fingerprint density at radius 3 is 2.65 bits per heavy atom. The third kappa shape index (κ3) is 2.77. The zero-order valence-electron chi connectivity index (χ0n) is 12.4. The molecule has 4 rings (SSSR count). The lowest BCUT2D eigenvalue weighted by molar-refractivity contribution is 0.0969. The minimum atomic E-state index is 0.216. The summed E-state index contributed by atoms with van der Waals surface area (Å²) in [5.41, 5.74) is 2.87. The van der Waals surface area contributed by atoms with Gasteiger partial charge in [0.25, 0.3) is 0 Å². The van der Waals surface area contributed by atoms with Crippen LogP contribution in [0.15, 0.2) is 48.7 Å². The number of fused-ring (bicyclic) bond motifs is 1. The highest BCUT2D eigenvalue weighted by Gasteiger charge is 2.32. The number of carbonyl (C=O) groups excluding carboxylic acids is 1. The predicted octanol–water partition coefficient (Wildman–Crippen LogP) is 5.59. The van der Waals surface area contributed by atoms with Gasteiger partial charge in [-0.25, -0.2) is 0 Å². The van der Waals surface area contributed by atoms with Crippen molar-refractivity contribution in [2.24, 2.45) is 5.92 Å². The number of halogens is 2. The molecule has 1 heterocycles. The van der Waals surface area contributed by atoms with Crippen molar-refractivity contribution in [3.63, 3.8) is 0 Å². The number of nitrogens with zero attached hydrogens (tertiary/aromatic N) is 1. The Bertz CT molecular complexity index is 909. The molecule has 4 heteroatoms. The van der Waals surface area contributed by atoms with E-state index in [1.54, 1.807) is 6.07 Å². The molecule has 1 aliphatic carbocycles. The normalized spacial score (nSPS) is 14.3. The Labute approximate surface area is 144 Å². The first-order valence-corrected chi connectivity index (χ1v) is 8.45. The molecule has 0 aliphatic heterocycles. The van der Waals surface area contributed by atoms with E-state index in [0.717, 1.165) is 34.9 Å². The summed E-state index contributed by atoms with van der Waals surface area (Å²) in [6.07, 6.45) is 4.00. The predicted molar refractivity (Wildman–Crippen MR) is 94.6 cm³/mol. The summed E-state index contributed by atoms with van der Waals surface area (Å²) < 4.78 is 2.10. The number of rotatable bonds is 4. The molecule has 0 spiro atoms. The summed E-state index contributed by atoms with van der Waals surface area (Å²) in [4.78, 5) is 12.5. The van der Waals surface area contributed by atoms with Crippen LogP contribution in [0.3, 0.4) is 0 Å². The molecule has 23 heavy (non-hydrogen) atoms. The lowest BCUT2D eigenvalue weighted by Gasteiger charge is -2.08. The number of carbonyl (C=O) groups is 1. The molecule has 0 atom stereocenters. The maximum Gasteiger partial charge on any atom is 0.168 e. The van der Waals surface area contributed by atoms with Crippen LogP contribution in [0.25, 0.3) is 10.9 Å². The second-order valence-corrected chi connectivity index (χ2v) is 6.91. The smallest absolute Gasteiger partial charge is 0.168 e. The van der Waals surface area contributed by atoms with Crippen LogP contribution in [0.4, 0.5) is 0 Å². The summed E-state index contributed by atoms with van der Waals surface area (Å²) in [7, 11) is 0. The van der Waals surface area contributed by atoms with Crippen molar-refractivity contribution in [3.05, 3.63) is 69.8 Å². The Hall–Kier alpha value is -1.77. The third-order valence-corrected chi connectivity index (χ3v) is 4.94. The van der Waals surface area contributed by atoms with Crippen LogP contribution >= 0.6 is 23.2 Å². The zero-order valence-corrected chi connectivity index (χ0v) is 13.9. The average molecular weight is 344 g/mol. The summed E-state index contributed by atoms with van der Waals surface area (Å²) in [6.45, 7) is 0.620. The van der Waals surface area contributed by atoms with Gasteiger partial charge in [0.15, 0.2) is 5.78 Å². The van der Waals surface area contributed by atoms with Crippen molar-refractivity contribution in [1.82, 2.24) is 4.57 Å². The number of aromatic nitrogens is 1. The van der Waals surface area contributed by atoms with Gasteiger partial charge in [-0.2, -0.15) is 0 Å². The van der Waals surface area contributed by atoms with Gasteiger partial charge in [-0.05, 0) is 36.6 Å². The summed E-state index contributed by atoms with van der Waals surface area (Å²) in [5, 5.41) is 2.29. The lowest BCUT2D eigenvalue weighted by atomic mass is 10.1. The largest absolute Gasteiger partial charge is 0.342 e. The number of hydrogen-bond acceptors (Lipinski definition) is 1. The molecule has 0 unspecified atom stereocenters. The average Bonchev–Trinajstić information content (AvgIpc) is 3.33. The lowest BCUT2D eigenvalue weighted by Crippen LogP contribution is -2.01. The number of Topliss-reactive ketones (excluding diaryl/α,β-unsaturated/α-hetero) is 1. The van der Waals surface area contributed by atoms with Crippen molar-refractivity contribution >= 4 is 39.9 Å². The van der Waals surface area contributed by atoms with Gasteiger partial charge < -0.3 is 4.57 Å². The number of benzene rings is 2. The van der Waals surface area contributed by atoms with Gasteiger partial charge >= 0.3 is 0 Å². The molecule has 1 aliphatic rings. The standard InChI is InChI=1S/C19H15Cl2NO/c20-14-8-7-13(17(21)9-14)10-22-11-16(19(23)12-5-6-12)15-3-1-2-4-18(15)22/h1-4,7-9,11-12H,5-6,10H2. The zero-order chi connectivity index (χ0) is 16.0. The van der Waals surface area contributed by atoms with Crippen LogP contribution in [-0.2, 0) is 6.54 Å². The molecule has 0 saturated heterocycles. The molecular formula is C19H15Cl2NO. The number of ketones is 1. The quantitative estimate of drug-likeness (QED) is 0.566. The molecule has 1 aromatic heterocycles. The van der Waals surface area contributed by atoms with Crippen molar-refractivity contribution in [2.75, 3.05) is 0 Å². The first-order valence-electron chi connectivity index (χ1n) is 7.69. The van der Waals surface area contributed by atoms with Crippen molar-refractivity contribution < 1.29 is 4.79 Å². The Morgan fingerprint density at radius 1 is 1.13 bits per heavy atom. The van der Waals surface area contributed by atoms with Crippen LogP contribution < -0.4 is 0 Å². The molecule has 1 saturated carbocycles. The molecule has 1 fully saturated rings. The Balaban J connectivity index is 1.79. The van der Waals surface area contributed by atoms with E-state index in [1.807, 2.05) is 42.6 Å². The third-order valence-electron chi connectivity index (χ3n) is 4.36. The number of para-hydroxylation sites is 1. The molecule has 2 aromatic carbocycles. The van der Waals surface area contributed by atoms with E-state index < -0.39 is 0 Å². The molecule has 116 valence electrons.